The Balaban J connectivity index is 2.17. The van der Waals surface area contributed by atoms with E-state index >= 15 is 0 Å². The number of aryl methyl sites for hydroxylation is 1. The molecular formula is C19H18FN5. The standard InChI is InChI=1S/C19H18FN5/c1-5-14(8-21-4)19-18(13(3)23-11-24-19)12(2)15-6-7-17-22-9-16(20)25(17)10-15/h5-11H,2H2,1,3-4H3/b14-5+,21-8?. The Labute approximate surface area is 145 Å². The van der Waals surface area contributed by atoms with Gasteiger partial charge in [0.1, 0.15) is 12.0 Å². The molecule has 0 saturated carbocycles. The van der Waals surface area contributed by atoms with Gasteiger partial charge in [0.05, 0.1) is 11.9 Å². The normalized spacial score (nSPS) is 12.2. The summed E-state index contributed by atoms with van der Waals surface area (Å²) < 4.78 is 15.2. The van der Waals surface area contributed by atoms with Crippen LogP contribution < -0.4 is 0 Å². The number of nitrogens with zero attached hydrogens (tertiary/aromatic N) is 5. The molecule has 0 aliphatic carbocycles. The van der Waals surface area contributed by atoms with Gasteiger partial charge in [0, 0.05) is 36.3 Å². The van der Waals surface area contributed by atoms with Crippen molar-refractivity contribution >= 4 is 23.0 Å². The van der Waals surface area contributed by atoms with Crippen LogP contribution in [0.25, 0.3) is 16.8 Å². The molecule has 0 radical (unpaired) electrons. The Hall–Kier alpha value is -3.15. The third-order valence-electron chi connectivity index (χ3n) is 4.00. The quantitative estimate of drug-likeness (QED) is 0.683. The van der Waals surface area contributed by atoms with Gasteiger partial charge in [-0.3, -0.25) is 9.39 Å². The lowest BCUT2D eigenvalue weighted by atomic mass is 9.95. The summed E-state index contributed by atoms with van der Waals surface area (Å²) in [7, 11) is 1.71. The zero-order valence-corrected chi connectivity index (χ0v) is 14.4. The molecule has 0 unspecified atom stereocenters. The number of rotatable bonds is 4. The van der Waals surface area contributed by atoms with E-state index in [0.717, 1.165) is 28.1 Å². The monoisotopic (exact) mass is 335 g/mol. The summed E-state index contributed by atoms with van der Waals surface area (Å²) in [5.41, 5.74) is 5.26. The van der Waals surface area contributed by atoms with E-state index < -0.39 is 5.95 Å². The second kappa shape index (κ2) is 6.76. The van der Waals surface area contributed by atoms with Crippen molar-refractivity contribution in [3.05, 3.63) is 72.0 Å². The van der Waals surface area contributed by atoms with Crippen molar-refractivity contribution in [2.24, 2.45) is 4.99 Å². The molecule has 6 heteroatoms. The minimum absolute atomic E-state index is 0.418. The fraction of sp³-hybridized carbons (Fsp3) is 0.158. The molecule has 0 aliphatic heterocycles. The Morgan fingerprint density at radius 1 is 1.28 bits per heavy atom. The lowest BCUT2D eigenvalue weighted by Gasteiger charge is -2.14. The minimum atomic E-state index is -0.418. The van der Waals surface area contributed by atoms with Gasteiger partial charge >= 0.3 is 0 Å². The Kier molecular flexibility index (Phi) is 4.52. The summed E-state index contributed by atoms with van der Waals surface area (Å²) in [4.78, 5) is 16.8. The maximum Gasteiger partial charge on any atom is 0.217 e. The topological polar surface area (TPSA) is 55.4 Å². The van der Waals surface area contributed by atoms with Crippen LogP contribution in [0.3, 0.4) is 0 Å². The second-order valence-electron chi connectivity index (χ2n) is 5.52. The molecule has 3 aromatic heterocycles. The highest BCUT2D eigenvalue weighted by Crippen LogP contribution is 2.29. The Morgan fingerprint density at radius 2 is 2.08 bits per heavy atom. The fourth-order valence-electron chi connectivity index (χ4n) is 2.74. The molecule has 0 spiro atoms. The van der Waals surface area contributed by atoms with Gasteiger partial charge in [0.25, 0.3) is 0 Å². The third-order valence-corrected chi connectivity index (χ3v) is 4.00. The first-order valence-corrected chi connectivity index (χ1v) is 7.79. The first-order chi connectivity index (χ1) is 12.1. The smallest absolute Gasteiger partial charge is 0.217 e. The number of allylic oxidation sites excluding steroid dienone is 2. The van der Waals surface area contributed by atoms with Gasteiger partial charge < -0.3 is 0 Å². The van der Waals surface area contributed by atoms with Crippen LogP contribution in [-0.2, 0) is 0 Å². The Bertz CT molecular complexity index is 1010. The molecule has 0 bridgehead atoms. The van der Waals surface area contributed by atoms with Crippen LogP contribution in [0.15, 0.2) is 48.5 Å². The molecule has 0 saturated heterocycles. The first-order valence-electron chi connectivity index (χ1n) is 7.79. The molecule has 0 aliphatic rings. The number of imidazole rings is 1. The zero-order valence-electron chi connectivity index (χ0n) is 14.4. The molecule has 3 rings (SSSR count). The average Bonchev–Trinajstić information content (AvgIpc) is 2.99. The minimum Gasteiger partial charge on any atom is -0.296 e. The van der Waals surface area contributed by atoms with Crippen LogP contribution in [0, 0.1) is 12.9 Å². The van der Waals surface area contributed by atoms with E-state index in [1.54, 1.807) is 25.5 Å². The Morgan fingerprint density at radius 3 is 2.80 bits per heavy atom. The molecule has 0 N–H and O–H groups in total. The van der Waals surface area contributed by atoms with Crippen LogP contribution >= 0.6 is 0 Å². The lowest BCUT2D eigenvalue weighted by Crippen LogP contribution is -2.04. The number of pyridine rings is 1. The molecule has 25 heavy (non-hydrogen) atoms. The predicted octanol–water partition coefficient (Wildman–Crippen LogP) is 3.74. The summed E-state index contributed by atoms with van der Waals surface area (Å²) in [6.07, 6.45) is 8.08. The van der Waals surface area contributed by atoms with Crippen molar-refractivity contribution in [3.63, 3.8) is 0 Å². The van der Waals surface area contributed by atoms with Gasteiger partial charge in [0.15, 0.2) is 0 Å². The van der Waals surface area contributed by atoms with Gasteiger partial charge in [-0.2, -0.15) is 4.39 Å². The predicted molar refractivity (Wildman–Crippen MR) is 98.1 cm³/mol. The van der Waals surface area contributed by atoms with Crippen molar-refractivity contribution in [3.8, 4) is 0 Å². The second-order valence-corrected chi connectivity index (χ2v) is 5.52. The van der Waals surface area contributed by atoms with Gasteiger partial charge in [-0.15, -0.1) is 0 Å². The highest BCUT2D eigenvalue weighted by molar-refractivity contribution is 6.11. The summed E-state index contributed by atoms with van der Waals surface area (Å²) in [5.74, 6) is -0.418. The van der Waals surface area contributed by atoms with Crippen LogP contribution in [0.4, 0.5) is 4.39 Å². The fourth-order valence-corrected chi connectivity index (χ4v) is 2.74. The van der Waals surface area contributed by atoms with E-state index in [1.165, 1.54) is 16.9 Å². The maximum atomic E-state index is 13.9. The summed E-state index contributed by atoms with van der Waals surface area (Å²) in [5, 5.41) is 0. The van der Waals surface area contributed by atoms with E-state index in [4.69, 9.17) is 0 Å². The number of aromatic nitrogens is 4. The van der Waals surface area contributed by atoms with Crippen molar-refractivity contribution in [2.45, 2.75) is 13.8 Å². The van der Waals surface area contributed by atoms with E-state index in [1.807, 2.05) is 26.0 Å². The number of hydrogen-bond donors (Lipinski definition) is 0. The first kappa shape index (κ1) is 16.7. The number of fused-ring (bicyclic) bond motifs is 1. The summed E-state index contributed by atoms with van der Waals surface area (Å²) >= 11 is 0. The molecule has 0 aromatic carbocycles. The maximum absolute atomic E-state index is 13.9. The van der Waals surface area contributed by atoms with Crippen LogP contribution in [0.5, 0.6) is 0 Å². The van der Waals surface area contributed by atoms with Gasteiger partial charge in [0.2, 0.25) is 5.95 Å². The molecule has 0 amide bonds. The average molecular weight is 335 g/mol. The highest BCUT2D eigenvalue weighted by atomic mass is 19.1. The van der Waals surface area contributed by atoms with E-state index in [0.29, 0.717) is 11.2 Å². The molecule has 0 fully saturated rings. The molecule has 5 nitrogen and oxygen atoms in total. The van der Waals surface area contributed by atoms with Gasteiger partial charge in [-0.05, 0) is 37.1 Å². The molecule has 3 heterocycles. The largest absolute Gasteiger partial charge is 0.296 e. The highest BCUT2D eigenvalue weighted by Gasteiger charge is 2.16. The van der Waals surface area contributed by atoms with Crippen LogP contribution in [-0.4, -0.2) is 32.6 Å². The van der Waals surface area contributed by atoms with Gasteiger partial charge in [-0.1, -0.05) is 12.7 Å². The number of halogens is 1. The molecule has 3 aromatic rings. The number of aliphatic imine (C=N–C) groups is 1. The zero-order chi connectivity index (χ0) is 18.0. The van der Waals surface area contributed by atoms with E-state index in [9.17, 15) is 4.39 Å². The molecule has 0 atom stereocenters. The summed E-state index contributed by atoms with van der Waals surface area (Å²) in [6.45, 7) is 8.03. The van der Waals surface area contributed by atoms with Crippen molar-refractivity contribution < 1.29 is 4.39 Å². The van der Waals surface area contributed by atoms with Crippen LogP contribution in [0.2, 0.25) is 0 Å². The van der Waals surface area contributed by atoms with Gasteiger partial charge in [-0.25, -0.2) is 15.0 Å². The molecule has 126 valence electrons. The molecular weight excluding hydrogens is 317 g/mol. The lowest BCUT2D eigenvalue weighted by molar-refractivity contribution is 0.573. The van der Waals surface area contributed by atoms with E-state index in [2.05, 4.69) is 26.5 Å². The summed E-state index contributed by atoms with van der Waals surface area (Å²) in [6, 6.07) is 3.62. The van der Waals surface area contributed by atoms with Crippen molar-refractivity contribution in [2.75, 3.05) is 7.05 Å². The number of hydrogen-bond acceptors (Lipinski definition) is 4. The van der Waals surface area contributed by atoms with Crippen molar-refractivity contribution in [1.29, 1.82) is 0 Å². The van der Waals surface area contributed by atoms with Crippen LogP contribution in [0.1, 0.15) is 29.4 Å². The van der Waals surface area contributed by atoms with Crippen molar-refractivity contribution in [1.82, 2.24) is 19.4 Å². The third kappa shape index (κ3) is 2.98. The van der Waals surface area contributed by atoms with E-state index in [-0.39, 0.29) is 0 Å². The SMILES string of the molecule is C=C(c1ccc2ncc(F)n2c1)c1c(C)ncnc1/C(C=NC)=C/C.